The van der Waals surface area contributed by atoms with E-state index < -0.39 is 0 Å². The van der Waals surface area contributed by atoms with E-state index in [-0.39, 0.29) is 18.3 Å². The SMILES string of the molecule is Cc1c(C(=O)NCc2ccccc2F)cc(-c2ccccc2)n1C. The first-order valence-corrected chi connectivity index (χ1v) is 7.81. The van der Waals surface area contributed by atoms with Crippen LogP contribution in [0.5, 0.6) is 0 Å². The van der Waals surface area contributed by atoms with E-state index in [2.05, 4.69) is 5.32 Å². The number of amides is 1. The Morgan fingerprint density at radius 3 is 2.46 bits per heavy atom. The Hall–Kier alpha value is -2.88. The molecular weight excluding hydrogens is 303 g/mol. The molecule has 3 aromatic rings. The molecular formula is C20H19FN2O. The van der Waals surface area contributed by atoms with Gasteiger partial charge >= 0.3 is 0 Å². The van der Waals surface area contributed by atoms with Gasteiger partial charge < -0.3 is 9.88 Å². The fourth-order valence-corrected chi connectivity index (χ4v) is 2.73. The van der Waals surface area contributed by atoms with Gasteiger partial charge in [-0.2, -0.15) is 0 Å². The maximum Gasteiger partial charge on any atom is 0.253 e. The van der Waals surface area contributed by atoms with Crippen LogP contribution in [-0.4, -0.2) is 10.5 Å². The highest BCUT2D eigenvalue weighted by atomic mass is 19.1. The summed E-state index contributed by atoms with van der Waals surface area (Å²) in [5, 5.41) is 2.80. The van der Waals surface area contributed by atoms with E-state index in [0.717, 1.165) is 17.0 Å². The Morgan fingerprint density at radius 1 is 1.08 bits per heavy atom. The van der Waals surface area contributed by atoms with Gasteiger partial charge in [0.2, 0.25) is 0 Å². The van der Waals surface area contributed by atoms with Crippen molar-refractivity contribution < 1.29 is 9.18 Å². The number of rotatable bonds is 4. The molecule has 3 rings (SSSR count). The Balaban J connectivity index is 1.82. The predicted octanol–water partition coefficient (Wildman–Crippen LogP) is 4.07. The summed E-state index contributed by atoms with van der Waals surface area (Å²) in [5.74, 6) is -0.513. The molecule has 1 amide bonds. The molecule has 0 aliphatic rings. The molecule has 2 aromatic carbocycles. The molecule has 0 aliphatic heterocycles. The summed E-state index contributed by atoms with van der Waals surface area (Å²) in [6.07, 6.45) is 0. The van der Waals surface area contributed by atoms with Crippen LogP contribution in [0.1, 0.15) is 21.6 Å². The zero-order chi connectivity index (χ0) is 17.1. The lowest BCUT2D eigenvalue weighted by Gasteiger charge is -2.07. The van der Waals surface area contributed by atoms with E-state index in [9.17, 15) is 9.18 Å². The van der Waals surface area contributed by atoms with Gasteiger partial charge in [0, 0.05) is 30.5 Å². The predicted molar refractivity (Wildman–Crippen MR) is 93.2 cm³/mol. The molecule has 0 saturated carbocycles. The summed E-state index contributed by atoms with van der Waals surface area (Å²) in [6.45, 7) is 2.07. The number of benzene rings is 2. The summed E-state index contributed by atoms with van der Waals surface area (Å²) in [6, 6.07) is 18.2. The van der Waals surface area contributed by atoms with Crippen molar-refractivity contribution in [3.63, 3.8) is 0 Å². The molecule has 0 atom stereocenters. The first-order chi connectivity index (χ1) is 11.6. The number of hydrogen-bond donors (Lipinski definition) is 1. The van der Waals surface area contributed by atoms with Gasteiger partial charge in [-0.25, -0.2) is 4.39 Å². The van der Waals surface area contributed by atoms with Crippen LogP contribution in [0, 0.1) is 12.7 Å². The minimum Gasteiger partial charge on any atom is -0.348 e. The summed E-state index contributed by atoms with van der Waals surface area (Å²) in [4.78, 5) is 12.5. The summed E-state index contributed by atoms with van der Waals surface area (Å²) in [7, 11) is 1.94. The molecule has 0 spiro atoms. The van der Waals surface area contributed by atoms with E-state index in [4.69, 9.17) is 0 Å². The lowest BCUT2D eigenvalue weighted by atomic mass is 10.1. The van der Waals surface area contributed by atoms with Crippen LogP contribution in [-0.2, 0) is 13.6 Å². The smallest absolute Gasteiger partial charge is 0.253 e. The number of nitrogens with one attached hydrogen (secondary N) is 1. The van der Waals surface area contributed by atoms with Crippen molar-refractivity contribution in [1.29, 1.82) is 0 Å². The largest absolute Gasteiger partial charge is 0.348 e. The molecule has 1 heterocycles. The molecule has 0 saturated heterocycles. The molecule has 4 heteroatoms. The zero-order valence-corrected chi connectivity index (χ0v) is 13.7. The zero-order valence-electron chi connectivity index (χ0n) is 13.7. The van der Waals surface area contributed by atoms with Crippen LogP contribution in [0.3, 0.4) is 0 Å². The van der Waals surface area contributed by atoms with Gasteiger partial charge in [0.15, 0.2) is 0 Å². The van der Waals surface area contributed by atoms with Gasteiger partial charge in [-0.15, -0.1) is 0 Å². The van der Waals surface area contributed by atoms with Gasteiger partial charge in [0.05, 0.1) is 5.56 Å². The molecule has 0 radical (unpaired) electrons. The van der Waals surface area contributed by atoms with Crippen LogP contribution in [0.25, 0.3) is 11.3 Å². The summed E-state index contributed by atoms with van der Waals surface area (Å²) < 4.78 is 15.6. The highest BCUT2D eigenvalue weighted by molar-refractivity contribution is 5.96. The molecule has 122 valence electrons. The number of carbonyl (C=O) groups excluding carboxylic acids is 1. The van der Waals surface area contributed by atoms with Crippen molar-refractivity contribution in [2.45, 2.75) is 13.5 Å². The number of halogens is 1. The Morgan fingerprint density at radius 2 is 1.75 bits per heavy atom. The molecule has 0 aliphatic carbocycles. The van der Waals surface area contributed by atoms with Crippen molar-refractivity contribution in [1.82, 2.24) is 9.88 Å². The molecule has 0 bridgehead atoms. The van der Waals surface area contributed by atoms with Gasteiger partial charge in [-0.05, 0) is 24.6 Å². The maximum absolute atomic E-state index is 13.7. The van der Waals surface area contributed by atoms with E-state index >= 15 is 0 Å². The quantitative estimate of drug-likeness (QED) is 0.772. The molecule has 3 nitrogen and oxygen atoms in total. The van der Waals surface area contributed by atoms with Crippen LogP contribution >= 0.6 is 0 Å². The van der Waals surface area contributed by atoms with Gasteiger partial charge in [-0.3, -0.25) is 4.79 Å². The van der Waals surface area contributed by atoms with Crippen LogP contribution in [0.4, 0.5) is 4.39 Å². The highest BCUT2D eigenvalue weighted by Crippen LogP contribution is 2.24. The van der Waals surface area contributed by atoms with Gasteiger partial charge in [0.25, 0.3) is 5.91 Å². The minimum atomic E-state index is -0.312. The van der Waals surface area contributed by atoms with Crippen molar-refractivity contribution in [2.75, 3.05) is 0 Å². The highest BCUT2D eigenvalue weighted by Gasteiger charge is 2.16. The van der Waals surface area contributed by atoms with Crippen molar-refractivity contribution in [3.8, 4) is 11.3 Å². The molecule has 0 unspecified atom stereocenters. The third-order valence-corrected chi connectivity index (χ3v) is 4.25. The first kappa shape index (κ1) is 16.0. The van der Waals surface area contributed by atoms with E-state index in [1.165, 1.54) is 6.07 Å². The second-order valence-electron chi connectivity index (χ2n) is 5.73. The fourth-order valence-electron chi connectivity index (χ4n) is 2.73. The molecule has 1 aromatic heterocycles. The Labute approximate surface area is 140 Å². The van der Waals surface area contributed by atoms with Crippen LogP contribution in [0.15, 0.2) is 60.7 Å². The first-order valence-electron chi connectivity index (χ1n) is 7.81. The normalized spacial score (nSPS) is 10.6. The van der Waals surface area contributed by atoms with Crippen molar-refractivity contribution in [2.24, 2.45) is 7.05 Å². The van der Waals surface area contributed by atoms with Gasteiger partial charge in [-0.1, -0.05) is 48.5 Å². The maximum atomic E-state index is 13.7. The lowest BCUT2D eigenvalue weighted by molar-refractivity contribution is 0.0950. The number of nitrogens with zero attached hydrogens (tertiary/aromatic N) is 1. The Bertz CT molecular complexity index is 869. The number of hydrogen-bond acceptors (Lipinski definition) is 1. The standard InChI is InChI=1S/C20H19FN2O/c1-14-17(12-19(23(14)2)15-8-4-3-5-9-15)20(24)22-13-16-10-6-7-11-18(16)21/h3-12H,13H2,1-2H3,(H,22,24). The second kappa shape index (κ2) is 6.71. The number of carbonyl (C=O) groups is 1. The lowest BCUT2D eigenvalue weighted by Crippen LogP contribution is -2.23. The minimum absolute atomic E-state index is 0.167. The second-order valence-corrected chi connectivity index (χ2v) is 5.73. The van der Waals surface area contributed by atoms with Crippen molar-refractivity contribution in [3.05, 3.63) is 83.3 Å². The van der Waals surface area contributed by atoms with Crippen LogP contribution < -0.4 is 5.32 Å². The third kappa shape index (κ3) is 3.08. The van der Waals surface area contributed by atoms with Crippen molar-refractivity contribution >= 4 is 5.91 Å². The average Bonchev–Trinajstić information content (AvgIpc) is 2.90. The van der Waals surface area contributed by atoms with E-state index in [1.54, 1.807) is 18.2 Å². The summed E-state index contributed by atoms with van der Waals surface area (Å²) in [5.41, 5.74) is 3.98. The van der Waals surface area contributed by atoms with E-state index in [0.29, 0.717) is 11.1 Å². The topological polar surface area (TPSA) is 34.0 Å². The average molecular weight is 322 g/mol. The van der Waals surface area contributed by atoms with Crippen LogP contribution in [0.2, 0.25) is 0 Å². The number of aromatic nitrogens is 1. The molecule has 0 fully saturated rings. The monoisotopic (exact) mass is 322 g/mol. The van der Waals surface area contributed by atoms with Gasteiger partial charge in [0.1, 0.15) is 5.82 Å². The van der Waals surface area contributed by atoms with E-state index in [1.807, 2.05) is 54.9 Å². The molecule has 24 heavy (non-hydrogen) atoms. The Kier molecular flexibility index (Phi) is 4.47. The third-order valence-electron chi connectivity index (χ3n) is 4.25. The fraction of sp³-hybridized carbons (Fsp3) is 0.150. The summed E-state index contributed by atoms with van der Waals surface area (Å²) >= 11 is 0. The molecule has 1 N–H and O–H groups in total.